The van der Waals surface area contributed by atoms with Crippen LogP contribution in [0.3, 0.4) is 0 Å². The molecule has 0 aliphatic rings. The number of ether oxygens (including phenoxy) is 1. The minimum Gasteiger partial charge on any atom is -0.434 e. The molecule has 96 valence electrons. The molecule has 1 rings (SSSR count). The number of hydrogen-bond donors (Lipinski definition) is 1. The van der Waals surface area contributed by atoms with E-state index in [-0.39, 0.29) is 11.3 Å². The normalized spacial score (nSPS) is 11.9. The minimum atomic E-state index is -2.85. The summed E-state index contributed by atoms with van der Waals surface area (Å²) in [6.07, 6.45) is 0. The van der Waals surface area contributed by atoms with E-state index in [1.165, 1.54) is 6.07 Å². The van der Waals surface area contributed by atoms with Crippen LogP contribution in [-0.4, -0.2) is 12.2 Å². The Morgan fingerprint density at radius 2 is 2.00 bits per heavy atom. The van der Waals surface area contributed by atoms with Gasteiger partial charge in [-0.1, -0.05) is 17.7 Å². The van der Waals surface area contributed by atoms with Gasteiger partial charge in [-0.2, -0.15) is 8.78 Å². The Morgan fingerprint density at radius 3 is 2.53 bits per heavy atom. The molecule has 0 aromatic heterocycles. The maximum absolute atomic E-state index is 12.2. The standard InChI is InChI=1S/C12H16ClF2NO/c1-12(2,3)16-7-8-9(13)5-4-6-10(8)17-11(14)15/h4-6,11,16H,7H2,1-3H3. The summed E-state index contributed by atoms with van der Waals surface area (Å²) >= 11 is 5.98. The Morgan fingerprint density at radius 1 is 1.35 bits per heavy atom. The SMILES string of the molecule is CC(C)(C)NCc1c(Cl)cccc1OC(F)F. The number of hydrogen-bond acceptors (Lipinski definition) is 2. The summed E-state index contributed by atoms with van der Waals surface area (Å²) in [6.45, 7) is 3.49. The molecule has 0 amide bonds. The van der Waals surface area contributed by atoms with E-state index >= 15 is 0 Å². The molecule has 0 unspecified atom stereocenters. The molecule has 0 radical (unpaired) electrons. The largest absolute Gasteiger partial charge is 0.434 e. The monoisotopic (exact) mass is 263 g/mol. The van der Waals surface area contributed by atoms with Gasteiger partial charge in [0.25, 0.3) is 0 Å². The molecule has 1 aromatic rings. The minimum absolute atomic E-state index is 0.115. The zero-order valence-corrected chi connectivity index (χ0v) is 10.8. The van der Waals surface area contributed by atoms with Crippen molar-refractivity contribution < 1.29 is 13.5 Å². The predicted molar refractivity (Wildman–Crippen MR) is 64.7 cm³/mol. The van der Waals surface area contributed by atoms with E-state index in [1.54, 1.807) is 12.1 Å². The number of rotatable bonds is 4. The molecule has 1 aromatic carbocycles. The van der Waals surface area contributed by atoms with Crippen molar-refractivity contribution in [2.45, 2.75) is 39.5 Å². The highest BCUT2D eigenvalue weighted by Crippen LogP contribution is 2.28. The third-order valence-corrected chi connectivity index (χ3v) is 2.44. The van der Waals surface area contributed by atoms with Crippen molar-refractivity contribution >= 4 is 11.6 Å². The molecule has 0 aliphatic heterocycles. The van der Waals surface area contributed by atoms with Crippen LogP contribution in [0.2, 0.25) is 5.02 Å². The van der Waals surface area contributed by atoms with Crippen LogP contribution in [0.4, 0.5) is 8.78 Å². The molecule has 0 aliphatic carbocycles. The van der Waals surface area contributed by atoms with E-state index in [9.17, 15) is 8.78 Å². The van der Waals surface area contributed by atoms with Crippen LogP contribution >= 0.6 is 11.6 Å². The summed E-state index contributed by atoms with van der Waals surface area (Å²) in [6, 6.07) is 4.72. The Hall–Kier alpha value is -0.870. The van der Waals surface area contributed by atoms with E-state index < -0.39 is 6.61 Å². The molecule has 0 heterocycles. The van der Waals surface area contributed by atoms with E-state index in [0.29, 0.717) is 17.1 Å². The highest BCUT2D eigenvalue weighted by Gasteiger charge is 2.15. The van der Waals surface area contributed by atoms with Crippen LogP contribution in [-0.2, 0) is 6.54 Å². The van der Waals surface area contributed by atoms with Crippen LogP contribution in [0.25, 0.3) is 0 Å². The fourth-order valence-corrected chi connectivity index (χ4v) is 1.50. The molecule has 0 saturated heterocycles. The second kappa shape index (κ2) is 5.65. The first-order valence-electron chi connectivity index (χ1n) is 5.27. The first kappa shape index (κ1) is 14.2. The fourth-order valence-electron chi connectivity index (χ4n) is 1.27. The maximum atomic E-state index is 12.2. The van der Waals surface area contributed by atoms with Gasteiger partial charge < -0.3 is 10.1 Å². The fraction of sp³-hybridized carbons (Fsp3) is 0.500. The van der Waals surface area contributed by atoms with Crippen LogP contribution in [0, 0.1) is 0 Å². The topological polar surface area (TPSA) is 21.3 Å². The molecular weight excluding hydrogens is 248 g/mol. The van der Waals surface area contributed by atoms with Gasteiger partial charge in [0.15, 0.2) is 0 Å². The third kappa shape index (κ3) is 4.88. The van der Waals surface area contributed by atoms with E-state index in [1.807, 2.05) is 20.8 Å². The second-order valence-corrected chi connectivity index (χ2v) is 5.11. The molecule has 0 fully saturated rings. The quantitative estimate of drug-likeness (QED) is 0.891. The Balaban J connectivity index is 2.88. The molecule has 0 bridgehead atoms. The van der Waals surface area contributed by atoms with Gasteiger partial charge in [0, 0.05) is 22.7 Å². The van der Waals surface area contributed by atoms with Gasteiger partial charge in [-0.3, -0.25) is 0 Å². The number of halogens is 3. The molecule has 1 N–H and O–H groups in total. The number of benzene rings is 1. The van der Waals surface area contributed by atoms with E-state index in [4.69, 9.17) is 11.6 Å². The summed E-state index contributed by atoms with van der Waals surface area (Å²) in [4.78, 5) is 0. The Kier molecular flexibility index (Phi) is 4.71. The number of nitrogens with one attached hydrogen (secondary N) is 1. The van der Waals surface area contributed by atoms with Crippen LogP contribution < -0.4 is 10.1 Å². The van der Waals surface area contributed by atoms with Gasteiger partial charge in [0.05, 0.1) is 0 Å². The van der Waals surface area contributed by atoms with Gasteiger partial charge in [-0.15, -0.1) is 0 Å². The van der Waals surface area contributed by atoms with Crippen molar-refractivity contribution in [2.24, 2.45) is 0 Å². The van der Waals surface area contributed by atoms with E-state index in [0.717, 1.165) is 0 Å². The van der Waals surface area contributed by atoms with Crippen molar-refractivity contribution in [3.8, 4) is 5.75 Å². The molecule has 0 spiro atoms. The highest BCUT2D eigenvalue weighted by molar-refractivity contribution is 6.31. The van der Waals surface area contributed by atoms with Crippen molar-refractivity contribution in [1.29, 1.82) is 0 Å². The zero-order chi connectivity index (χ0) is 13.1. The average Bonchev–Trinajstić information content (AvgIpc) is 2.14. The maximum Gasteiger partial charge on any atom is 0.387 e. The molecule has 0 saturated carbocycles. The lowest BCUT2D eigenvalue weighted by molar-refractivity contribution is -0.0505. The summed E-state index contributed by atoms with van der Waals surface area (Å²) < 4.78 is 28.9. The van der Waals surface area contributed by atoms with Crippen LogP contribution in [0.5, 0.6) is 5.75 Å². The Bertz CT molecular complexity index is 377. The van der Waals surface area contributed by atoms with Crippen molar-refractivity contribution in [3.63, 3.8) is 0 Å². The smallest absolute Gasteiger partial charge is 0.387 e. The van der Waals surface area contributed by atoms with Gasteiger partial charge >= 0.3 is 6.61 Å². The third-order valence-electron chi connectivity index (χ3n) is 2.09. The second-order valence-electron chi connectivity index (χ2n) is 4.70. The first-order chi connectivity index (χ1) is 7.79. The van der Waals surface area contributed by atoms with Crippen molar-refractivity contribution in [2.75, 3.05) is 0 Å². The van der Waals surface area contributed by atoms with Gasteiger partial charge in [0.1, 0.15) is 5.75 Å². The van der Waals surface area contributed by atoms with Gasteiger partial charge in [-0.25, -0.2) is 0 Å². The highest BCUT2D eigenvalue weighted by atomic mass is 35.5. The summed E-state index contributed by atoms with van der Waals surface area (Å²) in [5, 5.41) is 3.60. The lowest BCUT2D eigenvalue weighted by Gasteiger charge is -2.22. The van der Waals surface area contributed by atoms with Gasteiger partial charge in [-0.05, 0) is 32.9 Å². The molecule has 17 heavy (non-hydrogen) atoms. The lowest BCUT2D eigenvalue weighted by Crippen LogP contribution is -2.35. The summed E-state index contributed by atoms with van der Waals surface area (Å²) in [5.74, 6) is 0.115. The first-order valence-corrected chi connectivity index (χ1v) is 5.64. The molecule has 2 nitrogen and oxygen atoms in total. The van der Waals surface area contributed by atoms with Crippen LogP contribution in [0.15, 0.2) is 18.2 Å². The average molecular weight is 264 g/mol. The van der Waals surface area contributed by atoms with Crippen molar-refractivity contribution in [3.05, 3.63) is 28.8 Å². The lowest BCUT2D eigenvalue weighted by atomic mass is 10.1. The summed E-state index contributed by atoms with van der Waals surface area (Å²) in [7, 11) is 0. The van der Waals surface area contributed by atoms with Gasteiger partial charge in [0.2, 0.25) is 0 Å². The molecule has 0 atom stereocenters. The zero-order valence-electron chi connectivity index (χ0n) is 10.1. The number of alkyl halides is 2. The van der Waals surface area contributed by atoms with Crippen molar-refractivity contribution in [1.82, 2.24) is 5.32 Å². The van der Waals surface area contributed by atoms with Crippen LogP contribution in [0.1, 0.15) is 26.3 Å². The molecular formula is C12H16ClF2NO. The predicted octanol–water partition coefficient (Wildman–Crippen LogP) is 3.83. The molecule has 5 heteroatoms. The van der Waals surface area contributed by atoms with E-state index in [2.05, 4.69) is 10.1 Å². The summed E-state index contributed by atoms with van der Waals surface area (Å²) in [5.41, 5.74) is 0.422. The Labute approximate surface area is 105 Å².